The van der Waals surface area contributed by atoms with E-state index in [0.29, 0.717) is 5.69 Å². The first kappa shape index (κ1) is 17.5. The summed E-state index contributed by atoms with van der Waals surface area (Å²) >= 11 is 6.10. The molecular weight excluding hydrogens is 318 g/mol. The van der Waals surface area contributed by atoms with E-state index in [1.807, 2.05) is 11.0 Å². The standard InChI is InChI=1S/C16H20ClN3O3/c17-14-10-15(16(20(22)23)9-12(14)11-18)19-7-3-1-5-13(19)6-2-4-8-21/h9-10,13,21H,1-8H2/t13-/m1/s1. The predicted octanol–water partition coefficient (Wildman–Crippen LogP) is 3.64. The summed E-state index contributed by atoms with van der Waals surface area (Å²) in [6.45, 7) is 0.905. The van der Waals surface area contributed by atoms with Crippen LogP contribution in [-0.2, 0) is 0 Å². The Bertz CT molecular complexity index is 615. The molecule has 1 aromatic rings. The zero-order chi connectivity index (χ0) is 16.8. The number of hydrogen-bond acceptors (Lipinski definition) is 5. The van der Waals surface area contributed by atoms with Gasteiger partial charge in [0.05, 0.1) is 15.5 Å². The summed E-state index contributed by atoms with van der Waals surface area (Å²) in [6.07, 6.45) is 5.55. The Balaban J connectivity index is 2.35. The Kier molecular flexibility index (Phi) is 6.20. The van der Waals surface area contributed by atoms with Crippen molar-refractivity contribution in [3.8, 4) is 6.07 Å². The van der Waals surface area contributed by atoms with Crippen molar-refractivity contribution in [3.05, 3.63) is 32.8 Å². The molecule has 0 bridgehead atoms. The Labute approximate surface area is 140 Å². The van der Waals surface area contributed by atoms with Crippen LogP contribution in [-0.4, -0.2) is 29.2 Å². The summed E-state index contributed by atoms with van der Waals surface area (Å²) in [5.41, 5.74) is 0.545. The van der Waals surface area contributed by atoms with Gasteiger partial charge in [0.1, 0.15) is 11.8 Å². The Hall–Kier alpha value is -1.84. The fraction of sp³-hybridized carbons (Fsp3) is 0.562. The van der Waals surface area contributed by atoms with Crippen molar-refractivity contribution in [1.29, 1.82) is 5.26 Å². The number of hydrogen-bond donors (Lipinski definition) is 1. The Morgan fingerprint density at radius 2 is 2.22 bits per heavy atom. The molecule has 6 nitrogen and oxygen atoms in total. The number of nitrogens with zero attached hydrogens (tertiary/aromatic N) is 3. The maximum Gasteiger partial charge on any atom is 0.293 e. The number of rotatable bonds is 6. The lowest BCUT2D eigenvalue weighted by Gasteiger charge is -2.37. The van der Waals surface area contributed by atoms with Crippen LogP contribution in [0.1, 0.15) is 44.1 Å². The Morgan fingerprint density at radius 3 is 2.87 bits per heavy atom. The number of unbranched alkanes of at least 4 members (excludes halogenated alkanes) is 1. The number of piperidine rings is 1. The summed E-state index contributed by atoms with van der Waals surface area (Å²) in [5, 5.41) is 29.6. The second-order valence-corrected chi connectivity index (χ2v) is 6.16. The van der Waals surface area contributed by atoms with E-state index in [1.165, 1.54) is 6.07 Å². The van der Waals surface area contributed by atoms with Gasteiger partial charge in [-0.3, -0.25) is 10.1 Å². The summed E-state index contributed by atoms with van der Waals surface area (Å²) in [4.78, 5) is 13.0. The fourth-order valence-electron chi connectivity index (χ4n) is 3.12. The van der Waals surface area contributed by atoms with Gasteiger partial charge >= 0.3 is 0 Å². The number of nitriles is 1. The van der Waals surface area contributed by atoms with Crippen molar-refractivity contribution in [2.24, 2.45) is 0 Å². The molecule has 0 unspecified atom stereocenters. The molecule has 124 valence electrons. The second-order valence-electron chi connectivity index (χ2n) is 5.75. The average Bonchev–Trinajstić information content (AvgIpc) is 2.55. The highest BCUT2D eigenvalue weighted by Gasteiger charge is 2.29. The highest BCUT2D eigenvalue weighted by molar-refractivity contribution is 6.32. The van der Waals surface area contributed by atoms with Crippen LogP contribution >= 0.6 is 11.6 Å². The predicted molar refractivity (Wildman–Crippen MR) is 88.7 cm³/mol. The zero-order valence-corrected chi connectivity index (χ0v) is 13.6. The highest BCUT2D eigenvalue weighted by atomic mass is 35.5. The van der Waals surface area contributed by atoms with Gasteiger partial charge in [-0.2, -0.15) is 5.26 Å². The van der Waals surface area contributed by atoms with E-state index < -0.39 is 4.92 Å². The molecule has 0 amide bonds. The average molecular weight is 338 g/mol. The van der Waals surface area contributed by atoms with Crippen molar-refractivity contribution >= 4 is 23.0 Å². The third-order valence-corrected chi connectivity index (χ3v) is 4.58. The number of nitro groups is 1. The molecule has 0 radical (unpaired) electrons. The maximum atomic E-state index is 11.4. The van der Waals surface area contributed by atoms with E-state index in [1.54, 1.807) is 6.07 Å². The van der Waals surface area contributed by atoms with Gasteiger partial charge in [0.25, 0.3) is 5.69 Å². The third kappa shape index (κ3) is 4.12. The van der Waals surface area contributed by atoms with Crippen molar-refractivity contribution in [3.63, 3.8) is 0 Å². The smallest absolute Gasteiger partial charge is 0.293 e. The minimum Gasteiger partial charge on any atom is -0.396 e. The largest absolute Gasteiger partial charge is 0.396 e. The first-order valence-electron chi connectivity index (χ1n) is 7.84. The second kappa shape index (κ2) is 8.14. The molecule has 1 fully saturated rings. The van der Waals surface area contributed by atoms with E-state index in [0.717, 1.165) is 45.1 Å². The zero-order valence-electron chi connectivity index (χ0n) is 12.9. The summed E-state index contributed by atoms with van der Waals surface area (Å²) in [7, 11) is 0. The summed E-state index contributed by atoms with van der Waals surface area (Å²) < 4.78 is 0. The minimum absolute atomic E-state index is 0.0694. The van der Waals surface area contributed by atoms with E-state index >= 15 is 0 Å². The normalized spacial score (nSPS) is 17.8. The van der Waals surface area contributed by atoms with Gasteiger partial charge in [0.2, 0.25) is 0 Å². The van der Waals surface area contributed by atoms with Gasteiger partial charge in [-0.1, -0.05) is 11.6 Å². The molecule has 0 saturated carbocycles. The number of aliphatic hydroxyl groups excluding tert-OH is 1. The van der Waals surface area contributed by atoms with Gasteiger partial charge in [-0.25, -0.2) is 0 Å². The quantitative estimate of drug-likeness (QED) is 0.486. The van der Waals surface area contributed by atoms with Crippen LogP contribution in [0.15, 0.2) is 12.1 Å². The van der Waals surface area contributed by atoms with Crippen LogP contribution in [0.3, 0.4) is 0 Å². The third-order valence-electron chi connectivity index (χ3n) is 4.26. The lowest BCUT2D eigenvalue weighted by molar-refractivity contribution is -0.384. The van der Waals surface area contributed by atoms with Gasteiger partial charge < -0.3 is 10.0 Å². The van der Waals surface area contributed by atoms with Gasteiger partial charge in [0, 0.05) is 25.3 Å². The van der Waals surface area contributed by atoms with Crippen LogP contribution in [0.2, 0.25) is 5.02 Å². The van der Waals surface area contributed by atoms with Crippen LogP contribution in [0, 0.1) is 21.4 Å². The van der Waals surface area contributed by atoms with Crippen LogP contribution in [0.4, 0.5) is 11.4 Å². The number of anilines is 1. The highest BCUT2D eigenvalue weighted by Crippen LogP contribution is 2.37. The molecule has 1 saturated heterocycles. The van der Waals surface area contributed by atoms with Crippen molar-refractivity contribution in [2.45, 2.75) is 44.6 Å². The molecule has 1 N–H and O–H groups in total. The van der Waals surface area contributed by atoms with E-state index in [4.69, 9.17) is 22.0 Å². The molecule has 0 spiro atoms. The number of aliphatic hydroxyl groups is 1. The van der Waals surface area contributed by atoms with Gasteiger partial charge in [0.15, 0.2) is 0 Å². The van der Waals surface area contributed by atoms with E-state index in [2.05, 4.69) is 0 Å². The molecule has 0 aliphatic carbocycles. The lowest BCUT2D eigenvalue weighted by Crippen LogP contribution is -2.40. The van der Waals surface area contributed by atoms with E-state index in [9.17, 15) is 10.1 Å². The first-order valence-corrected chi connectivity index (χ1v) is 8.21. The topological polar surface area (TPSA) is 90.4 Å². The van der Waals surface area contributed by atoms with Crippen molar-refractivity contribution in [2.75, 3.05) is 18.1 Å². The monoisotopic (exact) mass is 337 g/mol. The molecular formula is C16H20ClN3O3. The Morgan fingerprint density at radius 1 is 1.43 bits per heavy atom. The first-order chi connectivity index (χ1) is 11.1. The van der Waals surface area contributed by atoms with Crippen LogP contribution in [0.5, 0.6) is 0 Å². The van der Waals surface area contributed by atoms with Gasteiger partial charge in [-0.05, 0) is 44.6 Å². The molecule has 1 aliphatic heterocycles. The van der Waals surface area contributed by atoms with Crippen LogP contribution in [0.25, 0.3) is 0 Å². The number of halogens is 1. The molecule has 7 heteroatoms. The molecule has 1 atom stereocenters. The lowest BCUT2D eigenvalue weighted by atomic mass is 9.96. The fourth-order valence-corrected chi connectivity index (χ4v) is 3.32. The molecule has 2 rings (SSSR count). The SMILES string of the molecule is N#Cc1cc([N+](=O)[O-])c(N2CCCC[C@@H]2CCCCO)cc1Cl. The molecule has 1 aromatic carbocycles. The molecule has 1 aliphatic rings. The minimum atomic E-state index is -0.452. The maximum absolute atomic E-state index is 11.4. The van der Waals surface area contributed by atoms with E-state index in [-0.39, 0.29) is 28.9 Å². The van der Waals surface area contributed by atoms with Gasteiger partial charge in [-0.15, -0.1) is 0 Å². The molecule has 23 heavy (non-hydrogen) atoms. The number of nitro benzene ring substituents is 1. The summed E-state index contributed by atoms with van der Waals surface area (Å²) in [6, 6.07) is 4.90. The molecule has 0 aromatic heterocycles. The summed E-state index contributed by atoms with van der Waals surface area (Å²) in [5.74, 6) is 0. The van der Waals surface area contributed by atoms with Crippen molar-refractivity contribution < 1.29 is 10.0 Å². The van der Waals surface area contributed by atoms with Crippen LogP contribution < -0.4 is 4.90 Å². The molecule has 1 heterocycles. The van der Waals surface area contributed by atoms with Crippen molar-refractivity contribution in [1.82, 2.24) is 0 Å². The number of benzene rings is 1.